The second-order valence-corrected chi connectivity index (χ2v) is 3.75. The first kappa shape index (κ1) is 11.4. The third-order valence-electron chi connectivity index (χ3n) is 2.37. The number of aryl methyl sites for hydroxylation is 2. The molecule has 0 amide bonds. The highest BCUT2D eigenvalue weighted by Gasteiger charge is 1.98. The van der Waals surface area contributed by atoms with Crippen LogP contribution >= 0.6 is 0 Å². The highest BCUT2D eigenvalue weighted by Crippen LogP contribution is 2.06. The number of aromatic nitrogens is 4. The summed E-state index contributed by atoms with van der Waals surface area (Å²) in [6.45, 7) is 4.60. The van der Waals surface area contributed by atoms with Crippen molar-refractivity contribution in [3.63, 3.8) is 0 Å². The van der Waals surface area contributed by atoms with E-state index in [-0.39, 0.29) is 0 Å². The lowest BCUT2D eigenvalue weighted by molar-refractivity contribution is 0.956. The van der Waals surface area contributed by atoms with Gasteiger partial charge in [0.05, 0.1) is 24.1 Å². The summed E-state index contributed by atoms with van der Waals surface area (Å²) in [6.07, 6.45) is 6.00. The molecule has 0 aliphatic heterocycles. The first-order chi connectivity index (χ1) is 8.28. The monoisotopic (exact) mass is 229 g/mol. The summed E-state index contributed by atoms with van der Waals surface area (Å²) in [4.78, 5) is 16.8. The Kier molecular flexibility index (Phi) is 3.59. The van der Waals surface area contributed by atoms with Crippen LogP contribution in [0.2, 0.25) is 0 Å². The Labute approximate surface area is 100 Å². The number of hydrogen-bond donors (Lipinski definition) is 1. The molecule has 0 saturated heterocycles. The largest absolute Gasteiger partial charge is 0.364 e. The number of nitrogens with one attached hydrogen (secondary N) is 1. The Morgan fingerprint density at radius 3 is 2.65 bits per heavy atom. The molecule has 5 nitrogen and oxygen atoms in total. The SMILES string of the molecule is CCc1cc(NCc2cnc(C)cn2)ncn1. The summed E-state index contributed by atoms with van der Waals surface area (Å²) in [5.74, 6) is 0.819. The smallest absolute Gasteiger partial charge is 0.129 e. The molecular weight excluding hydrogens is 214 g/mol. The summed E-state index contributed by atoms with van der Waals surface area (Å²) in [5, 5.41) is 3.20. The average Bonchev–Trinajstić information content (AvgIpc) is 2.38. The lowest BCUT2D eigenvalue weighted by atomic mass is 10.3. The number of anilines is 1. The zero-order valence-corrected chi connectivity index (χ0v) is 10.0. The van der Waals surface area contributed by atoms with E-state index in [1.807, 2.05) is 13.0 Å². The topological polar surface area (TPSA) is 63.6 Å². The van der Waals surface area contributed by atoms with Crippen LogP contribution < -0.4 is 5.32 Å². The van der Waals surface area contributed by atoms with Crippen molar-refractivity contribution in [1.29, 1.82) is 0 Å². The minimum atomic E-state index is 0.618. The third-order valence-corrected chi connectivity index (χ3v) is 2.37. The number of rotatable bonds is 4. The molecule has 0 bridgehead atoms. The van der Waals surface area contributed by atoms with E-state index in [4.69, 9.17) is 0 Å². The molecule has 2 rings (SSSR count). The minimum Gasteiger partial charge on any atom is -0.364 e. The lowest BCUT2D eigenvalue weighted by Gasteiger charge is -2.05. The normalized spacial score (nSPS) is 10.2. The Morgan fingerprint density at radius 2 is 1.94 bits per heavy atom. The lowest BCUT2D eigenvalue weighted by Crippen LogP contribution is -2.05. The van der Waals surface area contributed by atoms with Crippen molar-refractivity contribution in [2.75, 3.05) is 5.32 Å². The third kappa shape index (κ3) is 3.21. The molecule has 0 aromatic carbocycles. The van der Waals surface area contributed by atoms with Gasteiger partial charge in [-0.25, -0.2) is 9.97 Å². The van der Waals surface area contributed by atoms with Gasteiger partial charge in [0.1, 0.15) is 12.1 Å². The van der Waals surface area contributed by atoms with Crippen LogP contribution in [0.5, 0.6) is 0 Å². The predicted octanol–water partition coefficient (Wildman–Crippen LogP) is 1.75. The predicted molar refractivity (Wildman–Crippen MR) is 65.5 cm³/mol. The average molecular weight is 229 g/mol. The van der Waals surface area contributed by atoms with Gasteiger partial charge in [-0.15, -0.1) is 0 Å². The minimum absolute atomic E-state index is 0.618. The summed E-state index contributed by atoms with van der Waals surface area (Å²) < 4.78 is 0. The first-order valence-corrected chi connectivity index (χ1v) is 5.60. The fraction of sp³-hybridized carbons (Fsp3) is 0.333. The van der Waals surface area contributed by atoms with E-state index in [1.165, 1.54) is 0 Å². The molecule has 0 unspecified atom stereocenters. The van der Waals surface area contributed by atoms with Crippen molar-refractivity contribution < 1.29 is 0 Å². The second kappa shape index (κ2) is 5.34. The Balaban J connectivity index is 1.99. The van der Waals surface area contributed by atoms with Crippen LogP contribution in [0, 0.1) is 6.92 Å². The molecule has 88 valence electrons. The molecule has 0 aliphatic rings. The molecule has 0 radical (unpaired) electrons. The van der Waals surface area contributed by atoms with Gasteiger partial charge in [0.2, 0.25) is 0 Å². The van der Waals surface area contributed by atoms with E-state index in [0.29, 0.717) is 6.54 Å². The van der Waals surface area contributed by atoms with E-state index in [0.717, 1.165) is 29.3 Å². The zero-order chi connectivity index (χ0) is 12.1. The van der Waals surface area contributed by atoms with Crippen molar-refractivity contribution in [2.45, 2.75) is 26.8 Å². The van der Waals surface area contributed by atoms with Gasteiger partial charge in [0.25, 0.3) is 0 Å². The van der Waals surface area contributed by atoms with Crippen molar-refractivity contribution in [3.05, 3.63) is 41.9 Å². The molecule has 0 spiro atoms. The Hall–Kier alpha value is -2.04. The van der Waals surface area contributed by atoms with Crippen molar-refractivity contribution in [1.82, 2.24) is 19.9 Å². The second-order valence-electron chi connectivity index (χ2n) is 3.75. The molecule has 17 heavy (non-hydrogen) atoms. The number of nitrogens with zero attached hydrogens (tertiary/aromatic N) is 4. The Bertz CT molecular complexity index is 481. The maximum atomic E-state index is 4.27. The van der Waals surface area contributed by atoms with Crippen LogP contribution in [0.4, 0.5) is 5.82 Å². The quantitative estimate of drug-likeness (QED) is 0.865. The van der Waals surface area contributed by atoms with Crippen molar-refractivity contribution in [2.24, 2.45) is 0 Å². The van der Waals surface area contributed by atoms with Crippen LogP contribution in [0.3, 0.4) is 0 Å². The van der Waals surface area contributed by atoms with Gasteiger partial charge in [-0.1, -0.05) is 6.92 Å². The standard InChI is InChI=1S/C12H15N5/c1-3-10-4-12(17-8-16-10)15-7-11-6-13-9(2)5-14-11/h4-6,8H,3,7H2,1-2H3,(H,15,16,17). The fourth-order valence-corrected chi connectivity index (χ4v) is 1.38. The molecule has 1 N–H and O–H groups in total. The molecule has 0 aliphatic carbocycles. The molecule has 5 heteroatoms. The van der Waals surface area contributed by atoms with E-state index < -0.39 is 0 Å². The summed E-state index contributed by atoms with van der Waals surface area (Å²) in [5.41, 5.74) is 2.84. The van der Waals surface area contributed by atoms with E-state index in [1.54, 1.807) is 18.7 Å². The highest BCUT2D eigenvalue weighted by molar-refractivity contribution is 5.35. The maximum absolute atomic E-state index is 4.27. The molecule has 0 atom stereocenters. The van der Waals surface area contributed by atoms with Gasteiger partial charge in [0, 0.05) is 18.0 Å². The Morgan fingerprint density at radius 1 is 1.06 bits per heavy atom. The van der Waals surface area contributed by atoms with Gasteiger partial charge < -0.3 is 5.32 Å². The number of hydrogen-bond acceptors (Lipinski definition) is 5. The van der Waals surface area contributed by atoms with Crippen LogP contribution in [-0.4, -0.2) is 19.9 Å². The summed E-state index contributed by atoms with van der Waals surface area (Å²) >= 11 is 0. The van der Waals surface area contributed by atoms with Gasteiger partial charge in [-0.05, 0) is 13.3 Å². The zero-order valence-electron chi connectivity index (χ0n) is 10.0. The fourth-order valence-electron chi connectivity index (χ4n) is 1.38. The van der Waals surface area contributed by atoms with Crippen molar-refractivity contribution >= 4 is 5.82 Å². The van der Waals surface area contributed by atoms with Crippen molar-refractivity contribution in [3.8, 4) is 0 Å². The molecular formula is C12H15N5. The van der Waals surface area contributed by atoms with Gasteiger partial charge >= 0.3 is 0 Å². The molecule has 0 fully saturated rings. The van der Waals surface area contributed by atoms with Gasteiger partial charge in [-0.2, -0.15) is 0 Å². The van der Waals surface area contributed by atoms with Gasteiger partial charge in [-0.3, -0.25) is 9.97 Å². The van der Waals surface area contributed by atoms with Crippen LogP contribution in [0.25, 0.3) is 0 Å². The molecule has 0 saturated carbocycles. The summed E-state index contributed by atoms with van der Waals surface area (Å²) in [6, 6.07) is 1.95. The summed E-state index contributed by atoms with van der Waals surface area (Å²) in [7, 11) is 0. The van der Waals surface area contributed by atoms with Crippen LogP contribution in [0.1, 0.15) is 24.0 Å². The van der Waals surface area contributed by atoms with Crippen LogP contribution in [-0.2, 0) is 13.0 Å². The molecule has 2 aromatic heterocycles. The maximum Gasteiger partial charge on any atom is 0.129 e. The highest BCUT2D eigenvalue weighted by atomic mass is 15.0. The van der Waals surface area contributed by atoms with Gasteiger partial charge in [0.15, 0.2) is 0 Å². The van der Waals surface area contributed by atoms with E-state index in [2.05, 4.69) is 32.2 Å². The molecule has 2 aromatic rings. The van der Waals surface area contributed by atoms with Crippen LogP contribution in [0.15, 0.2) is 24.8 Å². The molecule has 2 heterocycles. The van der Waals surface area contributed by atoms with E-state index in [9.17, 15) is 0 Å². The first-order valence-electron chi connectivity index (χ1n) is 5.60. The van der Waals surface area contributed by atoms with E-state index >= 15 is 0 Å².